The molecule has 0 aliphatic carbocycles. The number of nitrogens with zero attached hydrogens (tertiary/aromatic N) is 2. The van der Waals surface area contributed by atoms with Crippen molar-refractivity contribution in [2.75, 3.05) is 26.7 Å². The molecule has 1 aromatic rings. The lowest BCUT2D eigenvalue weighted by Gasteiger charge is -2.42. The Kier molecular flexibility index (Phi) is 7.05. The average molecular weight is 340 g/mol. The van der Waals surface area contributed by atoms with Crippen LogP contribution < -0.4 is 5.73 Å². The van der Waals surface area contributed by atoms with Crippen LogP contribution in [-0.4, -0.2) is 48.4 Å². The number of carbonyl (C=O) groups excluding carboxylic acids is 1. The Morgan fingerprint density at radius 1 is 1.39 bits per heavy atom. The molecule has 23 heavy (non-hydrogen) atoms. The van der Waals surface area contributed by atoms with Crippen molar-refractivity contribution in [1.82, 2.24) is 9.80 Å². The van der Waals surface area contributed by atoms with Crippen LogP contribution in [0.2, 0.25) is 0 Å². The lowest BCUT2D eigenvalue weighted by Crippen LogP contribution is -2.54. The molecule has 1 heterocycles. The Balaban J connectivity index is 0.00000264. The van der Waals surface area contributed by atoms with Crippen LogP contribution in [0.3, 0.4) is 0 Å². The molecular formula is C18H30ClN3O. The summed E-state index contributed by atoms with van der Waals surface area (Å²) in [6.45, 7) is 9.41. The average Bonchev–Trinajstić information content (AvgIpc) is 2.45. The number of halogens is 1. The first kappa shape index (κ1) is 19.9. The van der Waals surface area contributed by atoms with E-state index < -0.39 is 0 Å². The van der Waals surface area contributed by atoms with Gasteiger partial charge in [0, 0.05) is 32.7 Å². The second kappa shape index (κ2) is 8.13. The molecule has 1 aliphatic heterocycles. The molecule has 1 aromatic carbocycles. The van der Waals surface area contributed by atoms with Gasteiger partial charge < -0.3 is 10.6 Å². The molecule has 2 rings (SSSR count). The normalized spacial score (nSPS) is 20.7. The van der Waals surface area contributed by atoms with Crippen molar-refractivity contribution in [2.24, 2.45) is 11.1 Å². The maximum atomic E-state index is 12.5. The minimum Gasteiger partial charge on any atom is -0.340 e. The van der Waals surface area contributed by atoms with Crippen molar-refractivity contribution in [3.63, 3.8) is 0 Å². The largest absolute Gasteiger partial charge is 0.340 e. The Hall–Kier alpha value is -1.10. The molecule has 5 heteroatoms. The molecule has 2 N–H and O–H groups in total. The van der Waals surface area contributed by atoms with Gasteiger partial charge in [-0.2, -0.15) is 0 Å². The first-order valence-corrected chi connectivity index (χ1v) is 8.06. The van der Waals surface area contributed by atoms with E-state index in [2.05, 4.69) is 37.8 Å². The zero-order valence-electron chi connectivity index (χ0n) is 14.7. The van der Waals surface area contributed by atoms with Crippen molar-refractivity contribution in [3.8, 4) is 0 Å². The summed E-state index contributed by atoms with van der Waals surface area (Å²) in [4.78, 5) is 16.5. The maximum Gasteiger partial charge on any atom is 0.236 e. The van der Waals surface area contributed by atoms with Crippen LogP contribution in [-0.2, 0) is 11.3 Å². The van der Waals surface area contributed by atoms with Gasteiger partial charge in [0.2, 0.25) is 5.91 Å². The fraction of sp³-hybridized carbons (Fsp3) is 0.611. The van der Waals surface area contributed by atoms with Crippen molar-refractivity contribution in [2.45, 2.75) is 39.8 Å². The van der Waals surface area contributed by atoms with E-state index >= 15 is 0 Å². The summed E-state index contributed by atoms with van der Waals surface area (Å²) in [5, 5.41) is 0. The van der Waals surface area contributed by atoms with E-state index in [-0.39, 0.29) is 29.8 Å². The molecule has 0 radical (unpaired) electrons. The molecule has 1 fully saturated rings. The van der Waals surface area contributed by atoms with Gasteiger partial charge in [-0.3, -0.25) is 9.69 Å². The number of likely N-dealkylation sites (tertiary alicyclic amines) is 1. The highest BCUT2D eigenvalue weighted by Crippen LogP contribution is 2.27. The second-order valence-electron chi connectivity index (χ2n) is 7.27. The molecule has 130 valence electrons. The van der Waals surface area contributed by atoms with Crippen molar-refractivity contribution < 1.29 is 4.79 Å². The van der Waals surface area contributed by atoms with E-state index in [4.69, 9.17) is 5.73 Å². The first-order chi connectivity index (χ1) is 10.3. The molecule has 1 atom stereocenters. The number of piperidine rings is 1. The number of amides is 1. The number of benzene rings is 1. The van der Waals surface area contributed by atoms with Crippen molar-refractivity contribution in [1.29, 1.82) is 0 Å². The molecule has 1 unspecified atom stereocenters. The highest BCUT2D eigenvalue weighted by atomic mass is 35.5. The van der Waals surface area contributed by atoms with Crippen molar-refractivity contribution in [3.05, 3.63) is 35.4 Å². The van der Waals surface area contributed by atoms with Gasteiger partial charge in [-0.25, -0.2) is 0 Å². The monoisotopic (exact) mass is 339 g/mol. The van der Waals surface area contributed by atoms with Crippen molar-refractivity contribution >= 4 is 18.3 Å². The van der Waals surface area contributed by atoms with Crippen LogP contribution in [0.1, 0.15) is 31.4 Å². The van der Waals surface area contributed by atoms with E-state index in [0.29, 0.717) is 13.1 Å². The second-order valence-corrected chi connectivity index (χ2v) is 7.27. The van der Waals surface area contributed by atoms with Gasteiger partial charge in [0.05, 0.1) is 6.54 Å². The number of rotatable bonds is 4. The van der Waals surface area contributed by atoms with Gasteiger partial charge in [0.15, 0.2) is 0 Å². The third kappa shape index (κ3) is 5.20. The Labute approximate surface area is 146 Å². The summed E-state index contributed by atoms with van der Waals surface area (Å²) in [7, 11) is 1.88. The number of nitrogens with two attached hydrogens (primary N) is 1. The predicted molar refractivity (Wildman–Crippen MR) is 97.7 cm³/mol. The zero-order chi connectivity index (χ0) is 16.3. The molecular weight excluding hydrogens is 310 g/mol. The highest BCUT2D eigenvalue weighted by Gasteiger charge is 2.34. The molecule has 1 amide bonds. The Bertz CT molecular complexity index is 533. The highest BCUT2D eigenvalue weighted by molar-refractivity contribution is 5.85. The number of likely N-dealkylation sites (N-methyl/N-ethyl adjacent to an activating group) is 1. The first-order valence-electron chi connectivity index (χ1n) is 8.06. The lowest BCUT2D eigenvalue weighted by atomic mass is 9.80. The van der Waals surface area contributed by atoms with Crippen LogP contribution >= 0.6 is 12.4 Å². The summed E-state index contributed by atoms with van der Waals surface area (Å²) < 4.78 is 0. The van der Waals surface area contributed by atoms with Crippen LogP contribution in [0.5, 0.6) is 0 Å². The summed E-state index contributed by atoms with van der Waals surface area (Å²) in [5.74, 6) is 0.175. The maximum absolute atomic E-state index is 12.5. The lowest BCUT2D eigenvalue weighted by molar-refractivity contribution is -0.132. The SMILES string of the molecule is Cc1ccccc1CN(C)C(=O)CN1CCC(N)C(C)(C)C1.Cl. The number of aryl methyl sites for hydroxylation is 1. The van der Waals surface area contributed by atoms with E-state index in [9.17, 15) is 4.79 Å². The van der Waals surface area contributed by atoms with Gasteiger partial charge in [0.1, 0.15) is 0 Å². The number of hydrogen-bond acceptors (Lipinski definition) is 3. The van der Waals surface area contributed by atoms with E-state index in [1.54, 1.807) is 0 Å². The molecule has 0 spiro atoms. The fourth-order valence-electron chi connectivity index (χ4n) is 3.06. The minimum absolute atomic E-state index is 0. The quantitative estimate of drug-likeness (QED) is 0.916. The third-order valence-corrected chi connectivity index (χ3v) is 4.84. The summed E-state index contributed by atoms with van der Waals surface area (Å²) in [5.41, 5.74) is 8.68. The predicted octanol–water partition coefficient (Wildman–Crippen LogP) is 2.43. The molecule has 0 bridgehead atoms. The van der Waals surface area contributed by atoms with Gasteiger partial charge in [-0.15, -0.1) is 12.4 Å². The molecule has 0 aromatic heterocycles. The molecule has 1 aliphatic rings. The van der Waals surface area contributed by atoms with Gasteiger partial charge in [-0.05, 0) is 29.9 Å². The summed E-state index contributed by atoms with van der Waals surface area (Å²) in [6, 6.07) is 8.45. The van der Waals surface area contributed by atoms with Crippen LogP contribution in [0.25, 0.3) is 0 Å². The molecule has 1 saturated heterocycles. The van der Waals surface area contributed by atoms with Gasteiger partial charge >= 0.3 is 0 Å². The van der Waals surface area contributed by atoms with Crippen LogP contribution in [0.15, 0.2) is 24.3 Å². The zero-order valence-corrected chi connectivity index (χ0v) is 15.5. The number of hydrogen-bond donors (Lipinski definition) is 1. The molecule has 0 saturated carbocycles. The van der Waals surface area contributed by atoms with E-state index in [1.807, 2.05) is 24.1 Å². The standard InChI is InChI=1S/C18H29N3O.ClH/c1-14-7-5-6-8-15(14)11-20(4)17(22)12-21-10-9-16(19)18(2,3)13-21;/h5-8,16H,9-13,19H2,1-4H3;1H. The van der Waals surface area contributed by atoms with Crippen LogP contribution in [0.4, 0.5) is 0 Å². The van der Waals surface area contributed by atoms with E-state index in [1.165, 1.54) is 11.1 Å². The topological polar surface area (TPSA) is 49.6 Å². The Morgan fingerprint density at radius 3 is 2.65 bits per heavy atom. The third-order valence-electron chi connectivity index (χ3n) is 4.84. The summed E-state index contributed by atoms with van der Waals surface area (Å²) in [6.07, 6.45) is 0.960. The molecule has 4 nitrogen and oxygen atoms in total. The summed E-state index contributed by atoms with van der Waals surface area (Å²) >= 11 is 0. The van der Waals surface area contributed by atoms with Crippen LogP contribution in [0, 0.1) is 12.3 Å². The van der Waals surface area contributed by atoms with Gasteiger partial charge in [-0.1, -0.05) is 38.1 Å². The Morgan fingerprint density at radius 2 is 2.04 bits per heavy atom. The smallest absolute Gasteiger partial charge is 0.236 e. The minimum atomic E-state index is 0. The van der Waals surface area contributed by atoms with E-state index in [0.717, 1.165) is 19.5 Å². The fourth-order valence-corrected chi connectivity index (χ4v) is 3.06. The number of carbonyl (C=O) groups is 1. The van der Waals surface area contributed by atoms with Gasteiger partial charge in [0.25, 0.3) is 0 Å².